The van der Waals surface area contributed by atoms with Crippen molar-refractivity contribution in [3.8, 4) is 5.75 Å². The average molecular weight is 312 g/mol. The van der Waals surface area contributed by atoms with Crippen LogP contribution >= 0.6 is 0 Å². The van der Waals surface area contributed by atoms with E-state index in [1.54, 1.807) is 24.3 Å². The van der Waals surface area contributed by atoms with E-state index in [0.717, 1.165) is 19.4 Å². The second kappa shape index (κ2) is 6.34. The third kappa shape index (κ3) is 4.43. The van der Waals surface area contributed by atoms with E-state index in [0.29, 0.717) is 12.4 Å². The van der Waals surface area contributed by atoms with Gasteiger partial charge in [-0.1, -0.05) is 13.8 Å². The Labute approximate surface area is 127 Å². The van der Waals surface area contributed by atoms with Crippen molar-refractivity contribution in [1.82, 2.24) is 10.0 Å². The molecule has 0 aliphatic heterocycles. The van der Waals surface area contributed by atoms with Gasteiger partial charge in [0.2, 0.25) is 10.0 Å². The van der Waals surface area contributed by atoms with Gasteiger partial charge in [0.1, 0.15) is 5.75 Å². The van der Waals surface area contributed by atoms with Crippen LogP contribution in [0.15, 0.2) is 29.2 Å². The summed E-state index contributed by atoms with van der Waals surface area (Å²) in [4.78, 5) is 0.285. The van der Waals surface area contributed by atoms with Crippen LogP contribution in [0, 0.1) is 5.41 Å². The molecule has 1 aliphatic rings. The number of rotatable bonds is 8. The first-order chi connectivity index (χ1) is 9.85. The largest absolute Gasteiger partial charge is 0.494 e. The lowest BCUT2D eigenvalue weighted by Crippen LogP contribution is -2.28. The van der Waals surface area contributed by atoms with E-state index < -0.39 is 10.0 Å². The minimum Gasteiger partial charge on any atom is -0.494 e. The number of sulfonamides is 1. The second-order valence-corrected chi connectivity index (χ2v) is 7.86. The van der Waals surface area contributed by atoms with Crippen LogP contribution in [0.25, 0.3) is 0 Å². The van der Waals surface area contributed by atoms with Gasteiger partial charge in [0.05, 0.1) is 11.5 Å². The Morgan fingerprint density at radius 2 is 1.90 bits per heavy atom. The molecule has 118 valence electrons. The molecule has 0 radical (unpaired) electrons. The van der Waals surface area contributed by atoms with Crippen molar-refractivity contribution < 1.29 is 13.2 Å². The molecule has 2 N–H and O–H groups in total. The van der Waals surface area contributed by atoms with Gasteiger partial charge < -0.3 is 10.1 Å². The zero-order chi connectivity index (χ0) is 15.5. The summed E-state index contributed by atoms with van der Waals surface area (Å²) in [5.41, 5.74) is 0.0729. The predicted molar refractivity (Wildman–Crippen MR) is 83.0 cm³/mol. The lowest BCUT2D eigenvalue weighted by atomic mass is 10.2. The van der Waals surface area contributed by atoms with Crippen LogP contribution in [0.5, 0.6) is 5.75 Å². The molecule has 5 nitrogen and oxygen atoms in total. The Hall–Kier alpha value is -1.11. The second-order valence-electron chi connectivity index (χ2n) is 6.14. The molecular weight excluding hydrogens is 288 g/mol. The summed E-state index contributed by atoms with van der Waals surface area (Å²) < 4.78 is 32.7. The Bertz CT molecular complexity index is 567. The molecular formula is C15H24N2O3S. The maximum atomic E-state index is 12.2. The lowest BCUT2D eigenvalue weighted by Gasteiger charge is -2.10. The molecule has 1 fully saturated rings. The zero-order valence-corrected chi connectivity index (χ0v) is 13.7. The first-order valence-corrected chi connectivity index (χ1v) is 8.73. The molecule has 1 saturated carbocycles. The molecule has 0 spiro atoms. The molecule has 0 heterocycles. The molecule has 0 amide bonds. The Morgan fingerprint density at radius 3 is 2.43 bits per heavy atom. The molecule has 0 bridgehead atoms. The van der Waals surface area contributed by atoms with Gasteiger partial charge in [-0.25, -0.2) is 13.1 Å². The fraction of sp³-hybridized carbons (Fsp3) is 0.600. The molecule has 1 aromatic rings. The van der Waals surface area contributed by atoms with Crippen LogP contribution in [0.3, 0.4) is 0 Å². The van der Waals surface area contributed by atoms with Crippen molar-refractivity contribution in [2.45, 2.75) is 37.6 Å². The highest BCUT2D eigenvalue weighted by atomic mass is 32.2. The van der Waals surface area contributed by atoms with Crippen molar-refractivity contribution in [1.29, 1.82) is 0 Å². The minimum atomic E-state index is -3.43. The van der Waals surface area contributed by atoms with E-state index in [1.165, 1.54) is 0 Å². The molecule has 0 aromatic heterocycles. The van der Waals surface area contributed by atoms with Crippen molar-refractivity contribution in [3.05, 3.63) is 24.3 Å². The predicted octanol–water partition coefficient (Wildman–Crippen LogP) is 1.75. The summed E-state index contributed by atoms with van der Waals surface area (Å²) in [6, 6.07) is 6.62. The van der Waals surface area contributed by atoms with E-state index in [1.807, 2.05) is 7.05 Å². The van der Waals surface area contributed by atoms with Crippen LogP contribution in [0.1, 0.15) is 26.7 Å². The summed E-state index contributed by atoms with van der Waals surface area (Å²) >= 11 is 0. The fourth-order valence-electron chi connectivity index (χ4n) is 2.08. The molecule has 1 aromatic carbocycles. The number of hydrogen-bond acceptors (Lipinski definition) is 4. The topological polar surface area (TPSA) is 67.4 Å². The van der Waals surface area contributed by atoms with Crippen molar-refractivity contribution >= 4 is 10.0 Å². The average Bonchev–Trinajstić information content (AvgIpc) is 3.01. The van der Waals surface area contributed by atoms with Gasteiger partial charge in [-0.05, 0) is 56.1 Å². The van der Waals surface area contributed by atoms with Crippen LogP contribution in [0.2, 0.25) is 0 Å². The van der Waals surface area contributed by atoms with Crippen molar-refractivity contribution in [2.24, 2.45) is 5.41 Å². The fourth-order valence-corrected chi connectivity index (χ4v) is 3.49. The molecule has 2 rings (SSSR count). The first-order valence-electron chi connectivity index (χ1n) is 7.25. The maximum absolute atomic E-state index is 12.2. The van der Waals surface area contributed by atoms with Gasteiger partial charge in [-0.2, -0.15) is 0 Å². The third-order valence-electron chi connectivity index (χ3n) is 3.78. The Morgan fingerprint density at radius 1 is 1.29 bits per heavy atom. The standard InChI is InChI=1S/C15H24N2O3S/c1-15(2)11-14(15)17-21(18,19)13-7-5-12(6-8-13)20-10-4-9-16-3/h5-8,14,16-17H,4,9-11H2,1-3H3. The van der Waals surface area contributed by atoms with E-state index in [2.05, 4.69) is 23.9 Å². The van der Waals surface area contributed by atoms with Crippen molar-refractivity contribution in [3.63, 3.8) is 0 Å². The zero-order valence-electron chi connectivity index (χ0n) is 12.8. The summed E-state index contributed by atoms with van der Waals surface area (Å²) in [6.07, 6.45) is 1.80. The van der Waals surface area contributed by atoms with Gasteiger partial charge in [0, 0.05) is 6.04 Å². The molecule has 21 heavy (non-hydrogen) atoms. The summed E-state index contributed by atoms with van der Waals surface area (Å²) in [5.74, 6) is 0.691. The van der Waals surface area contributed by atoms with Crippen LogP contribution in [-0.2, 0) is 10.0 Å². The lowest BCUT2D eigenvalue weighted by molar-refractivity contribution is 0.309. The Kier molecular flexibility index (Phi) is 4.91. The van der Waals surface area contributed by atoms with Crippen LogP contribution in [0.4, 0.5) is 0 Å². The highest BCUT2D eigenvalue weighted by molar-refractivity contribution is 7.89. The van der Waals surface area contributed by atoms with Gasteiger partial charge in [0.25, 0.3) is 0 Å². The number of hydrogen-bond donors (Lipinski definition) is 2. The summed E-state index contributed by atoms with van der Waals surface area (Å²) in [6.45, 7) is 5.62. The molecule has 1 aliphatic carbocycles. The maximum Gasteiger partial charge on any atom is 0.240 e. The van der Waals surface area contributed by atoms with E-state index in [4.69, 9.17) is 4.74 Å². The summed E-state index contributed by atoms with van der Waals surface area (Å²) in [7, 11) is -1.53. The molecule has 6 heteroatoms. The molecule has 1 unspecified atom stereocenters. The molecule has 1 atom stereocenters. The van der Waals surface area contributed by atoms with Crippen LogP contribution in [-0.4, -0.2) is 34.7 Å². The quantitative estimate of drug-likeness (QED) is 0.718. The summed E-state index contributed by atoms with van der Waals surface area (Å²) in [5, 5.41) is 3.05. The third-order valence-corrected chi connectivity index (χ3v) is 5.27. The van der Waals surface area contributed by atoms with Gasteiger partial charge in [0.15, 0.2) is 0 Å². The van der Waals surface area contributed by atoms with Gasteiger partial charge in [-0.3, -0.25) is 0 Å². The van der Waals surface area contributed by atoms with E-state index in [9.17, 15) is 8.42 Å². The van der Waals surface area contributed by atoms with E-state index >= 15 is 0 Å². The van der Waals surface area contributed by atoms with E-state index in [-0.39, 0.29) is 16.4 Å². The number of benzene rings is 1. The normalized spacial score (nSPS) is 20.2. The van der Waals surface area contributed by atoms with Crippen molar-refractivity contribution in [2.75, 3.05) is 20.2 Å². The van der Waals surface area contributed by atoms with Gasteiger partial charge >= 0.3 is 0 Å². The molecule has 0 saturated heterocycles. The first kappa shape index (κ1) is 16.3. The monoisotopic (exact) mass is 312 g/mol. The number of ether oxygens (including phenoxy) is 1. The SMILES string of the molecule is CNCCCOc1ccc(S(=O)(=O)NC2CC2(C)C)cc1. The number of nitrogens with one attached hydrogen (secondary N) is 2. The highest BCUT2D eigenvalue weighted by Gasteiger charge is 2.47. The highest BCUT2D eigenvalue weighted by Crippen LogP contribution is 2.45. The Balaban J connectivity index is 1.92. The smallest absolute Gasteiger partial charge is 0.240 e. The van der Waals surface area contributed by atoms with Gasteiger partial charge in [-0.15, -0.1) is 0 Å². The van der Waals surface area contributed by atoms with Crippen LogP contribution < -0.4 is 14.8 Å². The minimum absolute atomic E-state index is 0.0416.